The lowest BCUT2D eigenvalue weighted by molar-refractivity contribution is -0.110. The smallest absolute Gasteiger partial charge is 0.282 e. The van der Waals surface area contributed by atoms with E-state index in [0.29, 0.717) is 0 Å². The number of allylic oxidation sites excluding steroid dienone is 4. The van der Waals surface area contributed by atoms with Gasteiger partial charge in [0.1, 0.15) is 0 Å². The molecule has 0 atom stereocenters. The van der Waals surface area contributed by atoms with Crippen LogP contribution in [0.15, 0.2) is 56.8 Å². The van der Waals surface area contributed by atoms with Gasteiger partial charge in [-0.2, -0.15) is 12.8 Å². The molecule has 0 spiro atoms. The third-order valence-corrected chi connectivity index (χ3v) is 4.06. The maximum absolute atomic E-state index is 12.0. The number of aryl methyl sites for hydroxylation is 1. The van der Waals surface area contributed by atoms with E-state index in [9.17, 15) is 13.2 Å². The minimum Gasteiger partial charge on any atom is -0.290 e. The van der Waals surface area contributed by atoms with Crippen LogP contribution in [-0.4, -0.2) is 19.9 Å². The van der Waals surface area contributed by atoms with E-state index in [1.165, 1.54) is 24.3 Å². The Morgan fingerprint density at radius 2 is 1.74 bits per heavy atom. The number of nitrogens with zero attached hydrogens (tertiary/aromatic N) is 1. The first-order valence-corrected chi connectivity index (χ1v) is 7.21. The van der Waals surface area contributed by atoms with Gasteiger partial charge in [-0.1, -0.05) is 29.3 Å². The summed E-state index contributed by atoms with van der Waals surface area (Å²) in [6.45, 7) is 1.86. The molecule has 0 saturated carbocycles. The van der Waals surface area contributed by atoms with Gasteiger partial charge in [-0.3, -0.25) is 4.79 Å². The molecule has 0 heterocycles. The number of sulfonamides is 1. The molecule has 0 aliphatic heterocycles. The zero-order valence-electron chi connectivity index (χ0n) is 10.00. The van der Waals surface area contributed by atoms with Crippen molar-refractivity contribution in [2.24, 2.45) is 4.40 Å². The molecule has 0 aromatic heterocycles. The maximum Gasteiger partial charge on any atom is 0.282 e. The number of halogens is 1. The fourth-order valence-electron chi connectivity index (χ4n) is 1.45. The first kappa shape index (κ1) is 13.7. The van der Waals surface area contributed by atoms with Gasteiger partial charge in [0.05, 0.1) is 15.6 Å². The number of ketones is 1. The zero-order chi connectivity index (χ0) is 14.0. The Kier molecular flexibility index (Phi) is 3.68. The molecule has 6 heteroatoms. The maximum atomic E-state index is 12.0. The summed E-state index contributed by atoms with van der Waals surface area (Å²) in [5.41, 5.74) is 1.01. The second-order valence-corrected chi connectivity index (χ2v) is 6.00. The predicted octanol–water partition coefficient (Wildman–Crippen LogP) is 2.39. The summed E-state index contributed by atoms with van der Waals surface area (Å²) in [7, 11) is -3.83. The van der Waals surface area contributed by atoms with E-state index < -0.39 is 10.0 Å². The Hall–Kier alpha value is -1.72. The molecule has 19 heavy (non-hydrogen) atoms. The van der Waals surface area contributed by atoms with E-state index in [1.807, 2.05) is 6.92 Å². The van der Waals surface area contributed by atoms with Crippen LogP contribution in [0, 0.1) is 6.92 Å². The molecule has 0 radical (unpaired) electrons. The molecule has 0 saturated heterocycles. The molecule has 1 aromatic rings. The van der Waals surface area contributed by atoms with Crippen LogP contribution in [0.2, 0.25) is 0 Å². The second kappa shape index (κ2) is 5.11. The van der Waals surface area contributed by atoms with Crippen molar-refractivity contribution in [2.75, 3.05) is 0 Å². The summed E-state index contributed by atoms with van der Waals surface area (Å²) in [6.07, 6.45) is 3.64. The number of carbonyl (C=O) groups excluding carboxylic acids is 1. The quantitative estimate of drug-likeness (QED) is 0.787. The third-order valence-electron chi connectivity index (χ3n) is 2.46. The van der Waals surface area contributed by atoms with Crippen LogP contribution in [-0.2, 0) is 14.8 Å². The summed E-state index contributed by atoms with van der Waals surface area (Å²) >= 11 is 5.79. The molecule has 1 aromatic carbocycles. The van der Waals surface area contributed by atoms with Crippen LogP contribution in [0.25, 0.3) is 0 Å². The van der Waals surface area contributed by atoms with E-state index in [1.54, 1.807) is 12.1 Å². The van der Waals surface area contributed by atoms with Crippen molar-refractivity contribution in [1.82, 2.24) is 0 Å². The third kappa shape index (κ3) is 3.19. The highest BCUT2D eigenvalue weighted by Crippen LogP contribution is 2.18. The van der Waals surface area contributed by atoms with Gasteiger partial charge < -0.3 is 0 Å². The summed E-state index contributed by atoms with van der Waals surface area (Å²) in [6, 6.07) is 6.32. The van der Waals surface area contributed by atoms with E-state index in [2.05, 4.69) is 4.40 Å². The number of rotatable bonds is 2. The largest absolute Gasteiger partial charge is 0.290 e. The van der Waals surface area contributed by atoms with Crippen LogP contribution in [0.3, 0.4) is 0 Å². The second-order valence-electron chi connectivity index (χ2n) is 3.99. The summed E-state index contributed by atoms with van der Waals surface area (Å²) < 4.78 is 27.7. The molecule has 0 bridgehead atoms. The van der Waals surface area contributed by atoms with Gasteiger partial charge in [-0.05, 0) is 31.2 Å². The Morgan fingerprint density at radius 3 is 2.32 bits per heavy atom. The first-order chi connectivity index (χ1) is 8.88. The van der Waals surface area contributed by atoms with Crippen LogP contribution in [0.1, 0.15) is 5.56 Å². The lowest BCUT2D eigenvalue weighted by atomic mass is 10.2. The number of benzene rings is 1. The number of hydrogen-bond acceptors (Lipinski definition) is 3. The predicted molar refractivity (Wildman–Crippen MR) is 73.9 cm³/mol. The average Bonchev–Trinajstić information content (AvgIpc) is 2.33. The van der Waals surface area contributed by atoms with Gasteiger partial charge in [0.25, 0.3) is 10.0 Å². The standard InChI is InChI=1S/C13H10ClNO3S/c1-9-2-5-11(6-3-9)19(17,18)15-13-7-4-10(16)8-12(13)14/h2-8H,1H3. The summed E-state index contributed by atoms with van der Waals surface area (Å²) in [4.78, 5) is 11.1. The topological polar surface area (TPSA) is 63.6 Å². The van der Waals surface area contributed by atoms with Crippen LogP contribution < -0.4 is 0 Å². The van der Waals surface area contributed by atoms with E-state index in [-0.39, 0.29) is 21.4 Å². The van der Waals surface area contributed by atoms with Crippen molar-refractivity contribution in [1.29, 1.82) is 0 Å². The zero-order valence-corrected chi connectivity index (χ0v) is 11.6. The lowest BCUT2D eigenvalue weighted by Crippen LogP contribution is -2.08. The molecule has 0 fully saturated rings. The summed E-state index contributed by atoms with van der Waals surface area (Å²) in [5.74, 6) is -0.295. The molecule has 4 nitrogen and oxygen atoms in total. The highest BCUT2D eigenvalue weighted by atomic mass is 35.5. The van der Waals surface area contributed by atoms with E-state index >= 15 is 0 Å². The molecule has 0 unspecified atom stereocenters. The minimum absolute atomic E-state index is 0.0168. The van der Waals surface area contributed by atoms with Gasteiger partial charge in [-0.15, -0.1) is 0 Å². The number of carbonyl (C=O) groups is 1. The minimum atomic E-state index is -3.83. The van der Waals surface area contributed by atoms with Crippen LogP contribution in [0.5, 0.6) is 0 Å². The summed E-state index contributed by atoms with van der Waals surface area (Å²) in [5, 5.41) is 0.0168. The molecule has 1 aliphatic rings. The lowest BCUT2D eigenvalue weighted by Gasteiger charge is -2.05. The van der Waals surface area contributed by atoms with Crippen molar-refractivity contribution >= 4 is 33.1 Å². The van der Waals surface area contributed by atoms with Crippen molar-refractivity contribution in [3.63, 3.8) is 0 Å². The van der Waals surface area contributed by atoms with Gasteiger partial charge in [0.15, 0.2) is 5.78 Å². The molecular weight excluding hydrogens is 286 g/mol. The van der Waals surface area contributed by atoms with Crippen LogP contribution in [0.4, 0.5) is 0 Å². The molecule has 2 rings (SSSR count). The molecule has 98 valence electrons. The monoisotopic (exact) mass is 295 g/mol. The Labute approximate surface area is 116 Å². The molecule has 1 aliphatic carbocycles. The van der Waals surface area contributed by atoms with Crippen molar-refractivity contribution in [2.45, 2.75) is 11.8 Å². The van der Waals surface area contributed by atoms with Crippen LogP contribution >= 0.6 is 11.6 Å². The average molecular weight is 296 g/mol. The fourth-order valence-corrected chi connectivity index (χ4v) is 2.72. The Bertz CT molecular complexity index is 713. The van der Waals surface area contributed by atoms with Gasteiger partial charge in [-0.25, -0.2) is 0 Å². The normalized spacial score (nSPS) is 17.7. The highest BCUT2D eigenvalue weighted by molar-refractivity contribution is 7.90. The van der Waals surface area contributed by atoms with Crippen molar-refractivity contribution in [3.8, 4) is 0 Å². The van der Waals surface area contributed by atoms with Crippen molar-refractivity contribution < 1.29 is 13.2 Å². The Balaban J connectivity index is 2.42. The van der Waals surface area contributed by atoms with Gasteiger partial charge >= 0.3 is 0 Å². The number of hydrogen-bond donors (Lipinski definition) is 0. The van der Waals surface area contributed by atoms with Gasteiger partial charge in [0, 0.05) is 6.08 Å². The van der Waals surface area contributed by atoms with Gasteiger partial charge in [0.2, 0.25) is 0 Å². The molecular formula is C13H10ClNO3S. The van der Waals surface area contributed by atoms with E-state index in [0.717, 1.165) is 11.6 Å². The Morgan fingerprint density at radius 1 is 1.11 bits per heavy atom. The molecule has 0 N–H and O–H groups in total. The molecule has 0 amide bonds. The SMILES string of the molecule is Cc1ccc(S(=O)(=O)N=C2C=CC(=O)C=C2Cl)cc1. The fraction of sp³-hybridized carbons (Fsp3) is 0.0769. The first-order valence-electron chi connectivity index (χ1n) is 5.40. The van der Waals surface area contributed by atoms with E-state index in [4.69, 9.17) is 11.6 Å². The highest BCUT2D eigenvalue weighted by Gasteiger charge is 2.16. The van der Waals surface area contributed by atoms with Crippen molar-refractivity contribution in [3.05, 3.63) is 53.1 Å².